The van der Waals surface area contributed by atoms with E-state index in [0.717, 1.165) is 25.8 Å². The first-order chi connectivity index (χ1) is 10.3. The Balaban J connectivity index is 1.59. The molecular formula is C16H26N4O. The van der Waals surface area contributed by atoms with Gasteiger partial charge in [0.25, 0.3) is 0 Å². The topological polar surface area (TPSA) is 59.0 Å². The van der Waals surface area contributed by atoms with Crippen molar-refractivity contribution in [2.75, 3.05) is 6.54 Å². The summed E-state index contributed by atoms with van der Waals surface area (Å²) in [5.41, 5.74) is 0. The molecule has 3 rings (SSSR count). The number of imidazole rings is 1. The van der Waals surface area contributed by atoms with Gasteiger partial charge in [0.2, 0.25) is 5.91 Å². The predicted molar refractivity (Wildman–Crippen MR) is 81.9 cm³/mol. The Morgan fingerprint density at radius 2 is 2.33 bits per heavy atom. The maximum atomic E-state index is 12.5. The molecule has 0 spiro atoms. The highest BCUT2D eigenvalue weighted by atomic mass is 16.2. The summed E-state index contributed by atoms with van der Waals surface area (Å²) in [5.74, 6) is 0.875. The number of carbonyl (C=O) groups is 1. The number of nitrogens with one attached hydrogen (secondary N) is 2. The molecule has 1 aromatic heterocycles. The average molecular weight is 290 g/mol. The molecule has 2 N–H and O–H groups in total. The number of rotatable bonds is 4. The van der Waals surface area contributed by atoms with Gasteiger partial charge >= 0.3 is 0 Å². The van der Waals surface area contributed by atoms with Crippen LogP contribution in [0.2, 0.25) is 0 Å². The quantitative estimate of drug-likeness (QED) is 0.890. The molecule has 21 heavy (non-hydrogen) atoms. The molecule has 5 heteroatoms. The highest BCUT2D eigenvalue weighted by molar-refractivity contribution is 5.82. The van der Waals surface area contributed by atoms with E-state index < -0.39 is 0 Å². The molecule has 4 atom stereocenters. The molecule has 0 aromatic carbocycles. The average Bonchev–Trinajstić information content (AvgIpc) is 3.18. The van der Waals surface area contributed by atoms with Crippen molar-refractivity contribution in [3.05, 3.63) is 18.7 Å². The van der Waals surface area contributed by atoms with E-state index in [4.69, 9.17) is 0 Å². The van der Waals surface area contributed by atoms with Crippen LogP contribution in [0, 0.1) is 5.92 Å². The van der Waals surface area contributed by atoms with Gasteiger partial charge < -0.3 is 15.2 Å². The van der Waals surface area contributed by atoms with E-state index >= 15 is 0 Å². The zero-order chi connectivity index (χ0) is 14.7. The van der Waals surface area contributed by atoms with Crippen LogP contribution in [0.3, 0.4) is 0 Å². The molecule has 0 radical (unpaired) electrons. The molecule has 1 aliphatic carbocycles. The Morgan fingerprint density at radius 1 is 1.43 bits per heavy atom. The van der Waals surface area contributed by atoms with Crippen LogP contribution in [0.5, 0.6) is 0 Å². The van der Waals surface area contributed by atoms with E-state index in [9.17, 15) is 4.79 Å². The second kappa shape index (κ2) is 6.60. The zero-order valence-corrected chi connectivity index (χ0v) is 12.8. The van der Waals surface area contributed by atoms with Crippen LogP contribution in [-0.4, -0.2) is 34.1 Å². The lowest BCUT2D eigenvalue weighted by Crippen LogP contribution is -2.51. The van der Waals surface area contributed by atoms with E-state index in [2.05, 4.69) is 27.1 Å². The van der Waals surface area contributed by atoms with Crippen LogP contribution in [0.15, 0.2) is 18.7 Å². The molecule has 1 aliphatic heterocycles. The molecule has 1 amide bonds. The molecular weight excluding hydrogens is 264 g/mol. The fraction of sp³-hybridized carbons (Fsp3) is 0.750. The summed E-state index contributed by atoms with van der Waals surface area (Å²) in [6.45, 7) is 3.18. The van der Waals surface area contributed by atoms with Crippen molar-refractivity contribution in [3.8, 4) is 0 Å². The minimum absolute atomic E-state index is 0.00672. The van der Waals surface area contributed by atoms with Crippen LogP contribution in [-0.2, 0) is 4.79 Å². The van der Waals surface area contributed by atoms with Crippen LogP contribution >= 0.6 is 0 Å². The first-order valence-corrected chi connectivity index (χ1v) is 8.29. The number of nitrogens with zero attached hydrogens (tertiary/aromatic N) is 2. The van der Waals surface area contributed by atoms with Gasteiger partial charge in [-0.25, -0.2) is 4.98 Å². The smallest absolute Gasteiger partial charge is 0.237 e. The van der Waals surface area contributed by atoms with E-state index in [1.807, 2.05) is 18.7 Å². The number of aromatic nitrogens is 2. The van der Waals surface area contributed by atoms with E-state index in [0.29, 0.717) is 12.0 Å². The van der Waals surface area contributed by atoms with Crippen LogP contribution in [0.4, 0.5) is 0 Å². The number of hydrogen-bond acceptors (Lipinski definition) is 3. The highest BCUT2D eigenvalue weighted by Crippen LogP contribution is 2.30. The fourth-order valence-corrected chi connectivity index (χ4v) is 3.78. The molecule has 1 aromatic rings. The number of amides is 1. The molecule has 1 saturated carbocycles. The lowest BCUT2D eigenvalue weighted by molar-refractivity contribution is -0.125. The molecule has 5 nitrogen and oxygen atoms in total. The highest BCUT2D eigenvalue weighted by Gasteiger charge is 2.33. The predicted octanol–water partition coefficient (Wildman–Crippen LogP) is 1.87. The number of piperidine rings is 1. The Bertz CT molecular complexity index is 459. The van der Waals surface area contributed by atoms with E-state index in [1.54, 1.807) is 0 Å². The maximum Gasteiger partial charge on any atom is 0.237 e. The normalized spacial score (nSPS) is 33.0. The van der Waals surface area contributed by atoms with Crippen molar-refractivity contribution in [2.45, 2.75) is 63.6 Å². The second-order valence-electron chi connectivity index (χ2n) is 6.43. The fourth-order valence-electron chi connectivity index (χ4n) is 3.78. The van der Waals surface area contributed by atoms with Crippen molar-refractivity contribution < 1.29 is 4.79 Å². The third-order valence-corrected chi connectivity index (χ3v) is 5.12. The largest absolute Gasteiger partial charge is 0.350 e. The SMILES string of the molecule is CCC1CCNC(C(=O)NC2CCCC2n2ccnc2)C1. The van der Waals surface area contributed by atoms with E-state index in [1.165, 1.54) is 19.3 Å². The Kier molecular flexibility index (Phi) is 4.58. The van der Waals surface area contributed by atoms with Crippen LogP contribution < -0.4 is 10.6 Å². The standard InChI is InChI=1S/C16H26N4O/c1-2-12-6-7-18-14(10-12)16(21)19-13-4-3-5-15(13)20-9-8-17-11-20/h8-9,11-15,18H,2-7,10H2,1H3,(H,19,21). The molecule has 0 bridgehead atoms. The molecule has 2 heterocycles. The van der Waals surface area contributed by atoms with Gasteiger partial charge in [-0.15, -0.1) is 0 Å². The minimum atomic E-state index is -0.00672. The minimum Gasteiger partial charge on any atom is -0.350 e. The molecule has 2 aliphatic rings. The summed E-state index contributed by atoms with van der Waals surface area (Å²) in [6, 6.07) is 0.602. The van der Waals surface area contributed by atoms with Crippen molar-refractivity contribution >= 4 is 5.91 Å². The van der Waals surface area contributed by atoms with Crippen molar-refractivity contribution in [2.24, 2.45) is 5.92 Å². The maximum absolute atomic E-state index is 12.5. The van der Waals surface area contributed by atoms with Gasteiger partial charge in [0.15, 0.2) is 0 Å². The van der Waals surface area contributed by atoms with Gasteiger partial charge in [0.05, 0.1) is 18.4 Å². The summed E-state index contributed by atoms with van der Waals surface area (Å²) >= 11 is 0. The van der Waals surface area contributed by atoms with Gasteiger partial charge in [-0.3, -0.25) is 4.79 Å². The van der Waals surface area contributed by atoms with Gasteiger partial charge in [-0.1, -0.05) is 13.3 Å². The number of carbonyl (C=O) groups excluding carboxylic acids is 1. The molecule has 116 valence electrons. The lowest BCUT2D eigenvalue weighted by atomic mass is 9.90. The summed E-state index contributed by atoms with van der Waals surface area (Å²) in [6.07, 6.45) is 12.4. The van der Waals surface area contributed by atoms with Gasteiger partial charge in [-0.2, -0.15) is 0 Å². The first-order valence-electron chi connectivity index (χ1n) is 8.29. The molecule has 2 fully saturated rings. The summed E-state index contributed by atoms with van der Waals surface area (Å²) < 4.78 is 2.14. The summed E-state index contributed by atoms with van der Waals surface area (Å²) in [5, 5.41) is 6.66. The monoisotopic (exact) mass is 290 g/mol. The summed E-state index contributed by atoms with van der Waals surface area (Å²) in [7, 11) is 0. The van der Waals surface area contributed by atoms with Crippen LogP contribution in [0.25, 0.3) is 0 Å². The van der Waals surface area contributed by atoms with Crippen molar-refractivity contribution in [1.29, 1.82) is 0 Å². The lowest BCUT2D eigenvalue weighted by Gasteiger charge is -2.31. The van der Waals surface area contributed by atoms with Crippen molar-refractivity contribution in [1.82, 2.24) is 20.2 Å². The summed E-state index contributed by atoms with van der Waals surface area (Å²) in [4.78, 5) is 16.7. The van der Waals surface area contributed by atoms with Gasteiger partial charge in [0, 0.05) is 18.4 Å². The Hall–Kier alpha value is -1.36. The third kappa shape index (κ3) is 3.28. The van der Waals surface area contributed by atoms with Crippen molar-refractivity contribution in [3.63, 3.8) is 0 Å². The van der Waals surface area contributed by atoms with Gasteiger partial charge in [0.1, 0.15) is 0 Å². The first kappa shape index (κ1) is 14.6. The molecule has 4 unspecified atom stereocenters. The molecule has 1 saturated heterocycles. The van der Waals surface area contributed by atoms with E-state index in [-0.39, 0.29) is 18.0 Å². The van der Waals surface area contributed by atoms with Gasteiger partial charge in [-0.05, 0) is 44.6 Å². The Morgan fingerprint density at radius 3 is 3.10 bits per heavy atom. The van der Waals surface area contributed by atoms with Crippen LogP contribution in [0.1, 0.15) is 51.5 Å². The second-order valence-corrected chi connectivity index (χ2v) is 6.43. The third-order valence-electron chi connectivity index (χ3n) is 5.12. The zero-order valence-electron chi connectivity index (χ0n) is 12.8. The Labute approximate surface area is 126 Å². The number of hydrogen-bond donors (Lipinski definition) is 2.